The maximum atomic E-state index is 13.1. The summed E-state index contributed by atoms with van der Waals surface area (Å²) in [5, 5.41) is 1.33. The van der Waals surface area contributed by atoms with E-state index in [1.165, 1.54) is 4.90 Å². The molecule has 0 saturated carbocycles. The fourth-order valence-electron chi connectivity index (χ4n) is 4.35. The Kier molecular flexibility index (Phi) is 3.43. The van der Waals surface area contributed by atoms with E-state index in [9.17, 15) is 14.4 Å². The third kappa shape index (κ3) is 2.16. The minimum Gasteiger partial charge on any atom is -0.423 e. The first kappa shape index (κ1) is 16.7. The zero-order chi connectivity index (χ0) is 19.6. The molecule has 5 rings (SSSR count). The lowest BCUT2D eigenvalue weighted by molar-refractivity contribution is -0.130. The molecule has 0 saturated heterocycles. The Hall–Kier alpha value is -3.47. The van der Waals surface area contributed by atoms with Gasteiger partial charge in [-0.1, -0.05) is 43.0 Å². The van der Waals surface area contributed by atoms with Gasteiger partial charge in [0.25, 0.3) is 11.8 Å². The number of carbonyl (C=O) groups is 3. The third-order valence-corrected chi connectivity index (χ3v) is 5.64. The van der Waals surface area contributed by atoms with Crippen molar-refractivity contribution >= 4 is 34.2 Å². The van der Waals surface area contributed by atoms with Crippen LogP contribution in [0.15, 0.2) is 71.8 Å². The van der Waals surface area contributed by atoms with Gasteiger partial charge in [-0.15, -0.1) is 0 Å². The van der Waals surface area contributed by atoms with Crippen molar-refractivity contribution in [2.24, 2.45) is 11.8 Å². The van der Waals surface area contributed by atoms with E-state index in [1.54, 1.807) is 25.1 Å². The lowest BCUT2D eigenvalue weighted by Crippen LogP contribution is -2.33. The molecule has 138 valence electrons. The maximum Gasteiger partial charge on any atom is 0.338 e. The van der Waals surface area contributed by atoms with Crippen LogP contribution >= 0.6 is 0 Å². The summed E-state index contributed by atoms with van der Waals surface area (Å²) in [5.74, 6) is -0.544. The molecule has 5 heteroatoms. The summed E-state index contributed by atoms with van der Waals surface area (Å²) in [4.78, 5) is 39.4. The van der Waals surface area contributed by atoms with Gasteiger partial charge in [-0.25, -0.2) is 9.69 Å². The van der Waals surface area contributed by atoms with E-state index in [-0.39, 0.29) is 23.7 Å². The number of nitrogens with zero attached hydrogens (tertiary/aromatic N) is 1. The molecule has 1 aliphatic heterocycles. The van der Waals surface area contributed by atoms with Crippen molar-refractivity contribution in [3.8, 4) is 5.75 Å². The first-order valence-electron chi connectivity index (χ1n) is 9.18. The van der Waals surface area contributed by atoms with Crippen LogP contribution in [0.4, 0.5) is 5.69 Å². The molecule has 2 atom stereocenters. The number of anilines is 1. The van der Waals surface area contributed by atoms with Gasteiger partial charge < -0.3 is 4.74 Å². The number of fused-ring (bicyclic) bond motifs is 5. The highest BCUT2D eigenvalue weighted by molar-refractivity contribution is 6.35. The molecular formula is C23H17NO4. The molecule has 0 radical (unpaired) electrons. The Morgan fingerprint density at radius 3 is 2.21 bits per heavy atom. The Morgan fingerprint density at radius 1 is 1.00 bits per heavy atom. The zero-order valence-corrected chi connectivity index (χ0v) is 15.3. The predicted molar refractivity (Wildman–Crippen MR) is 105 cm³/mol. The van der Waals surface area contributed by atoms with Gasteiger partial charge in [-0.2, -0.15) is 0 Å². The normalized spacial score (nSPS) is 22.4. The summed E-state index contributed by atoms with van der Waals surface area (Å²) in [5.41, 5.74) is 2.08. The van der Waals surface area contributed by atoms with Gasteiger partial charge in [-0.05, 0) is 25.5 Å². The molecule has 28 heavy (non-hydrogen) atoms. The monoisotopic (exact) mass is 371 g/mol. The molecule has 0 fully saturated rings. The van der Waals surface area contributed by atoms with Crippen LogP contribution in [0.5, 0.6) is 5.75 Å². The van der Waals surface area contributed by atoms with Crippen molar-refractivity contribution in [1.82, 2.24) is 0 Å². The number of hydrogen-bond acceptors (Lipinski definition) is 4. The van der Waals surface area contributed by atoms with Crippen LogP contribution in [0.3, 0.4) is 0 Å². The predicted octanol–water partition coefficient (Wildman–Crippen LogP) is 3.70. The Labute approximate surface area is 161 Å². The molecule has 5 nitrogen and oxygen atoms in total. The van der Waals surface area contributed by atoms with Crippen molar-refractivity contribution in [2.45, 2.75) is 13.3 Å². The fraction of sp³-hybridized carbons (Fsp3) is 0.174. The number of carbonyl (C=O) groups excluding carboxylic acids is 3. The lowest BCUT2D eigenvalue weighted by atomic mass is 9.99. The molecule has 2 aromatic carbocycles. The molecule has 0 spiro atoms. The van der Waals surface area contributed by atoms with Gasteiger partial charge in [0.2, 0.25) is 0 Å². The number of allylic oxidation sites excluding steroid dienone is 2. The largest absolute Gasteiger partial charge is 0.423 e. The van der Waals surface area contributed by atoms with Crippen LogP contribution in [0.25, 0.3) is 10.8 Å². The summed E-state index contributed by atoms with van der Waals surface area (Å²) in [7, 11) is 0. The van der Waals surface area contributed by atoms with Crippen LogP contribution in [0.1, 0.15) is 13.3 Å². The first-order chi connectivity index (χ1) is 13.5. The van der Waals surface area contributed by atoms with Crippen LogP contribution < -0.4 is 9.64 Å². The number of rotatable bonds is 3. The summed E-state index contributed by atoms with van der Waals surface area (Å²) in [6.07, 6.45) is 4.87. The summed E-state index contributed by atoms with van der Waals surface area (Å²) in [6.45, 7) is 5.18. The van der Waals surface area contributed by atoms with Gasteiger partial charge >= 0.3 is 5.97 Å². The third-order valence-electron chi connectivity index (χ3n) is 5.64. The second-order valence-corrected chi connectivity index (χ2v) is 7.40. The molecule has 2 amide bonds. The molecule has 1 heterocycles. The highest BCUT2D eigenvalue weighted by atomic mass is 16.5. The van der Waals surface area contributed by atoms with Crippen molar-refractivity contribution in [3.05, 3.63) is 71.8 Å². The van der Waals surface area contributed by atoms with E-state index < -0.39 is 5.97 Å². The number of amides is 2. The lowest BCUT2D eigenvalue weighted by Gasteiger charge is -2.21. The SMILES string of the molecule is C=C(C)C(=O)Oc1ccc(N2C(=O)C3=C(C2=O)C2C=CC3C2)c2ccccc12. The number of benzene rings is 2. The maximum absolute atomic E-state index is 13.1. The molecular weight excluding hydrogens is 354 g/mol. The van der Waals surface area contributed by atoms with E-state index in [0.29, 0.717) is 38.9 Å². The Bertz CT molecular complexity index is 1140. The van der Waals surface area contributed by atoms with Crippen LogP contribution in [0.2, 0.25) is 0 Å². The summed E-state index contributed by atoms with van der Waals surface area (Å²) < 4.78 is 5.43. The molecule has 2 aliphatic carbocycles. The molecule has 0 aromatic heterocycles. The van der Waals surface area contributed by atoms with Gasteiger partial charge in [0, 0.05) is 39.3 Å². The van der Waals surface area contributed by atoms with Crippen molar-refractivity contribution in [2.75, 3.05) is 4.90 Å². The zero-order valence-electron chi connectivity index (χ0n) is 15.3. The van der Waals surface area contributed by atoms with Crippen LogP contribution in [-0.4, -0.2) is 17.8 Å². The number of ether oxygens (including phenoxy) is 1. The van der Waals surface area contributed by atoms with Crippen molar-refractivity contribution < 1.29 is 19.1 Å². The van der Waals surface area contributed by atoms with Gasteiger partial charge in [0.15, 0.2) is 0 Å². The number of esters is 1. The standard InChI is InChI=1S/C23H17NO4/c1-12(2)23(27)28-18-10-9-17(15-5-3-4-6-16(15)18)24-21(25)19-13-7-8-14(11-13)20(19)22(24)26/h3-10,13-14H,1,11H2,2H3. The van der Waals surface area contributed by atoms with E-state index in [2.05, 4.69) is 6.58 Å². The summed E-state index contributed by atoms with van der Waals surface area (Å²) >= 11 is 0. The average molecular weight is 371 g/mol. The Morgan fingerprint density at radius 2 is 1.61 bits per heavy atom. The van der Waals surface area contributed by atoms with E-state index >= 15 is 0 Å². The van der Waals surface area contributed by atoms with Gasteiger partial charge in [-0.3, -0.25) is 9.59 Å². The van der Waals surface area contributed by atoms with E-state index in [0.717, 1.165) is 6.42 Å². The highest BCUT2D eigenvalue weighted by Gasteiger charge is 2.50. The molecule has 3 aliphatic rings. The second kappa shape index (κ2) is 5.76. The highest BCUT2D eigenvalue weighted by Crippen LogP contribution is 2.50. The molecule has 2 bridgehead atoms. The molecule has 2 aromatic rings. The second-order valence-electron chi connectivity index (χ2n) is 7.40. The fourth-order valence-corrected chi connectivity index (χ4v) is 4.35. The quantitative estimate of drug-likeness (QED) is 0.271. The Balaban J connectivity index is 1.60. The molecule has 0 N–H and O–H groups in total. The van der Waals surface area contributed by atoms with Crippen LogP contribution in [-0.2, 0) is 14.4 Å². The van der Waals surface area contributed by atoms with Gasteiger partial charge in [0.05, 0.1) is 5.69 Å². The summed E-state index contributed by atoms with van der Waals surface area (Å²) in [6, 6.07) is 10.6. The van der Waals surface area contributed by atoms with Crippen LogP contribution in [0, 0.1) is 11.8 Å². The number of hydrogen-bond donors (Lipinski definition) is 0. The molecule has 2 unspecified atom stereocenters. The number of imide groups is 1. The average Bonchev–Trinajstić information content (AvgIpc) is 3.36. The topological polar surface area (TPSA) is 63.7 Å². The first-order valence-corrected chi connectivity index (χ1v) is 9.18. The minimum absolute atomic E-state index is 0.0449. The van der Waals surface area contributed by atoms with E-state index in [1.807, 2.05) is 30.4 Å². The van der Waals surface area contributed by atoms with Crippen molar-refractivity contribution in [3.63, 3.8) is 0 Å². The van der Waals surface area contributed by atoms with E-state index in [4.69, 9.17) is 4.74 Å². The van der Waals surface area contributed by atoms with Crippen molar-refractivity contribution in [1.29, 1.82) is 0 Å². The van der Waals surface area contributed by atoms with Gasteiger partial charge in [0.1, 0.15) is 5.75 Å². The minimum atomic E-state index is -0.519. The smallest absolute Gasteiger partial charge is 0.338 e.